The Labute approximate surface area is 117 Å². The van der Waals surface area contributed by atoms with E-state index >= 15 is 0 Å². The molecule has 0 saturated heterocycles. The number of likely N-dealkylation sites (N-methyl/N-ethyl adjacent to an activating group) is 1. The fraction of sp³-hybridized carbons (Fsp3) is 0.588. The van der Waals surface area contributed by atoms with Gasteiger partial charge in [-0.1, -0.05) is 51.5 Å². The van der Waals surface area contributed by atoms with Crippen LogP contribution in [-0.2, 0) is 6.42 Å². The Balaban J connectivity index is 2.48. The predicted octanol–water partition coefficient (Wildman–Crippen LogP) is 3.80. The van der Waals surface area contributed by atoms with E-state index in [-0.39, 0.29) is 5.78 Å². The summed E-state index contributed by atoms with van der Waals surface area (Å²) in [7, 11) is 2.02. The van der Waals surface area contributed by atoms with Crippen molar-refractivity contribution in [1.82, 2.24) is 4.90 Å². The van der Waals surface area contributed by atoms with Crippen LogP contribution < -0.4 is 0 Å². The average Bonchev–Trinajstić information content (AvgIpc) is 2.37. The van der Waals surface area contributed by atoms with Crippen LogP contribution in [0.15, 0.2) is 24.3 Å². The molecule has 0 amide bonds. The largest absolute Gasteiger partial charge is 0.299 e. The van der Waals surface area contributed by atoms with Crippen molar-refractivity contribution in [2.75, 3.05) is 20.1 Å². The van der Waals surface area contributed by atoms with E-state index in [1.54, 1.807) is 0 Å². The third-order valence-corrected chi connectivity index (χ3v) is 3.32. The van der Waals surface area contributed by atoms with Crippen LogP contribution in [0.3, 0.4) is 0 Å². The molecule has 0 spiro atoms. The molecule has 0 aliphatic carbocycles. The van der Waals surface area contributed by atoms with Crippen molar-refractivity contribution < 1.29 is 4.79 Å². The molecule has 0 bridgehead atoms. The summed E-state index contributed by atoms with van der Waals surface area (Å²) < 4.78 is 0. The predicted molar refractivity (Wildman–Crippen MR) is 81.7 cm³/mol. The van der Waals surface area contributed by atoms with Gasteiger partial charge >= 0.3 is 0 Å². The van der Waals surface area contributed by atoms with Crippen LogP contribution in [0, 0.1) is 5.92 Å². The summed E-state index contributed by atoms with van der Waals surface area (Å²) in [6, 6.07) is 8.07. The van der Waals surface area contributed by atoms with Gasteiger partial charge in [0.05, 0.1) is 6.54 Å². The Morgan fingerprint density at radius 3 is 2.37 bits per heavy atom. The van der Waals surface area contributed by atoms with Crippen LogP contribution in [0.5, 0.6) is 0 Å². The molecule has 0 aromatic heterocycles. The fourth-order valence-electron chi connectivity index (χ4n) is 2.04. The van der Waals surface area contributed by atoms with Crippen LogP contribution in [0.2, 0.25) is 0 Å². The molecule has 106 valence electrons. The molecule has 0 heterocycles. The van der Waals surface area contributed by atoms with Gasteiger partial charge in [0.25, 0.3) is 0 Å². The summed E-state index contributed by atoms with van der Waals surface area (Å²) in [5, 5.41) is 0. The summed E-state index contributed by atoms with van der Waals surface area (Å²) in [5.41, 5.74) is 2.14. The SMILES string of the molecule is CCCc1ccc(C(=O)CN(C)CCC(C)C)cc1. The highest BCUT2D eigenvalue weighted by Crippen LogP contribution is 2.08. The number of hydrogen-bond acceptors (Lipinski definition) is 2. The lowest BCUT2D eigenvalue weighted by atomic mass is 10.0. The topological polar surface area (TPSA) is 20.3 Å². The van der Waals surface area contributed by atoms with Crippen LogP contribution in [-0.4, -0.2) is 30.8 Å². The van der Waals surface area contributed by atoms with Crippen molar-refractivity contribution >= 4 is 5.78 Å². The van der Waals surface area contributed by atoms with Crippen molar-refractivity contribution in [3.8, 4) is 0 Å². The number of carbonyl (C=O) groups is 1. The number of ketones is 1. The number of aryl methyl sites for hydroxylation is 1. The Hall–Kier alpha value is -1.15. The van der Waals surface area contributed by atoms with E-state index in [9.17, 15) is 4.79 Å². The second-order valence-electron chi connectivity index (χ2n) is 5.79. The molecule has 1 aromatic carbocycles. The molecule has 0 fully saturated rings. The van der Waals surface area contributed by atoms with E-state index < -0.39 is 0 Å². The zero-order valence-corrected chi connectivity index (χ0v) is 12.8. The molecular weight excluding hydrogens is 234 g/mol. The minimum atomic E-state index is 0.217. The first-order valence-electron chi connectivity index (χ1n) is 7.33. The average molecular weight is 261 g/mol. The minimum Gasteiger partial charge on any atom is -0.299 e. The molecule has 0 atom stereocenters. The molecule has 2 heteroatoms. The molecule has 0 aliphatic heterocycles. The third kappa shape index (κ3) is 6.02. The van der Waals surface area contributed by atoms with Crippen molar-refractivity contribution in [2.45, 2.75) is 40.0 Å². The molecule has 0 aliphatic rings. The zero-order chi connectivity index (χ0) is 14.3. The molecule has 0 radical (unpaired) electrons. The smallest absolute Gasteiger partial charge is 0.176 e. The lowest BCUT2D eigenvalue weighted by Crippen LogP contribution is -2.27. The summed E-state index contributed by atoms with van der Waals surface area (Å²) in [6.07, 6.45) is 3.37. The number of Topliss-reactive ketones (excluding diaryl/α,β-unsaturated/α-hetero) is 1. The Bertz CT molecular complexity index is 381. The highest BCUT2D eigenvalue weighted by Gasteiger charge is 2.09. The van der Waals surface area contributed by atoms with E-state index in [4.69, 9.17) is 0 Å². The number of nitrogens with zero attached hydrogens (tertiary/aromatic N) is 1. The lowest BCUT2D eigenvalue weighted by Gasteiger charge is -2.17. The van der Waals surface area contributed by atoms with Gasteiger partial charge in [0, 0.05) is 5.56 Å². The molecule has 1 rings (SSSR count). The summed E-state index contributed by atoms with van der Waals surface area (Å²) in [4.78, 5) is 14.2. The molecule has 1 aromatic rings. The summed E-state index contributed by atoms with van der Waals surface area (Å²) >= 11 is 0. The quantitative estimate of drug-likeness (QED) is 0.663. The summed E-state index contributed by atoms with van der Waals surface area (Å²) in [5.74, 6) is 0.903. The van der Waals surface area contributed by atoms with E-state index in [1.165, 1.54) is 5.56 Å². The second kappa shape index (κ2) is 8.11. The number of hydrogen-bond donors (Lipinski definition) is 0. The maximum Gasteiger partial charge on any atom is 0.176 e. The Kier molecular flexibility index (Phi) is 6.79. The normalized spacial score (nSPS) is 11.3. The van der Waals surface area contributed by atoms with Gasteiger partial charge in [-0.25, -0.2) is 0 Å². The van der Waals surface area contributed by atoms with Gasteiger partial charge in [0.15, 0.2) is 5.78 Å². The molecule has 19 heavy (non-hydrogen) atoms. The van der Waals surface area contributed by atoms with Crippen molar-refractivity contribution in [3.63, 3.8) is 0 Å². The van der Waals surface area contributed by atoms with Gasteiger partial charge in [-0.3, -0.25) is 9.69 Å². The van der Waals surface area contributed by atoms with Gasteiger partial charge < -0.3 is 0 Å². The highest BCUT2D eigenvalue weighted by atomic mass is 16.1. The third-order valence-electron chi connectivity index (χ3n) is 3.32. The van der Waals surface area contributed by atoms with E-state index in [0.29, 0.717) is 12.5 Å². The first kappa shape index (κ1) is 15.9. The Morgan fingerprint density at radius 2 is 1.84 bits per heavy atom. The fourth-order valence-corrected chi connectivity index (χ4v) is 2.04. The molecule has 0 unspecified atom stereocenters. The first-order chi connectivity index (χ1) is 9.02. The Morgan fingerprint density at radius 1 is 1.21 bits per heavy atom. The van der Waals surface area contributed by atoms with Crippen molar-refractivity contribution in [2.24, 2.45) is 5.92 Å². The van der Waals surface area contributed by atoms with Crippen LogP contribution >= 0.6 is 0 Å². The van der Waals surface area contributed by atoms with Gasteiger partial charge in [0.1, 0.15) is 0 Å². The molecule has 0 saturated carbocycles. The van der Waals surface area contributed by atoms with Gasteiger partial charge in [0.2, 0.25) is 0 Å². The van der Waals surface area contributed by atoms with Gasteiger partial charge in [-0.05, 0) is 37.9 Å². The number of rotatable bonds is 8. The van der Waals surface area contributed by atoms with Crippen LogP contribution in [0.25, 0.3) is 0 Å². The molecule has 0 N–H and O–H groups in total. The van der Waals surface area contributed by atoms with Crippen LogP contribution in [0.4, 0.5) is 0 Å². The number of carbonyl (C=O) groups excluding carboxylic acids is 1. The highest BCUT2D eigenvalue weighted by molar-refractivity contribution is 5.97. The van der Waals surface area contributed by atoms with Gasteiger partial charge in [-0.2, -0.15) is 0 Å². The minimum absolute atomic E-state index is 0.217. The van der Waals surface area contributed by atoms with E-state index in [0.717, 1.165) is 31.4 Å². The monoisotopic (exact) mass is 261 g/mol. The molecule has 2 nitrogen and oxygen atoms in total. The first-order valence-corrected chi connectivity index (χ1v) is 7.33. The zero-order valence-electron chi connectivity index (χ0n) is 12.8. The van der Waals surface area contributed by atoms with Crippen molar-refractivity contribution in [3.05, 3.63) is 35.4 Å². The molecular formula is C17H27NO. The summed E-state index contributed by atoms with van der Waals surface area (Å²) in [6.45, 7) is 8.09. The number of benzene rings is 1. The van der Waals surface area contributed by atoms with E-state index in [1.807, 2.05) is 19.2 Å². The second-order valence-corrected chi connectivity index (χ2v) is 5.79. The van der Waals surface area contributed by atoms with Gasteiger partial charge in [-0.15, -0.1) is 0 Å². The van der Waals surface area contributed by atoms with Crippen LogP contribution in [0.1, 0.15) is 49.5 Å². The maximum atomic E-state index is 12.1. The standard InChI is InChI=1S/C17H27NO/c1-5-6-15-7-9-16(10-8-15)17(19)13-18(4)12-11-14(2)3/h7-10,14H,5-6,11-13H2,1-4H3. The lowest BCUT2D eigenvalue weighted by molar-refractivity contribution is 0.0944. The van der Waals surface area contributed by atoms with Crippen molar-refractivity contribution in [1.29, 1.82) is 0 Å². The maximum absolute atomic E-state index is 12.1. The van der Waals surface area contributed by atoms with E-state index in [2.05, 4.69) is 37.8 Å².